The van der Waals surface area contributed by atoms with E-state index in [1.54, 1.807) is 24.3 Å². The van der Waals surface area contributed by atoms with E-state index in [4.69, 9.17) is 9.57 Å². The first-order valence-electron chi connectivity index (χ1n) is 7.22. The van der Waals surface area contributed by atoms with Crippen LogP contribution in [0.5, 0.6) is 11.5 Å². The van der Waals surface area contributed by atoms with E-state index in [9.17, 15) is 13.6 Å². The molecule has 2 rings (SSSR count). The Morgan fingerprint density at radius 2 is 1.84 bits per heavy atom. The highest BCUT2D eigenvalue weighted by molar-refractivity contribution is 5.93. The van der Waals surface area contributed by atoms with Gasteiger partial charge in [-0.2, -0.15) is 8.78 Å². The Balaban J connectivity index is 1.88. The van der Waals surface area contributed by atoms with Crippen LogP contribution in [0.1, 0.15) is 5.56 Å². The van der Waals surface area contributed by atoms with E-state index in [-0.39, 0.29) is 11.4 Å². The zero-order chi connectivity index (χ0) is 18.1. The van der Waals surface area contributed by atoms with E-state index >= 15 is 0 Å². The van der Waals surface area contributed by atoms with Crippen LogP contribution in [-0.4, -0.2) is 32.4 Å². The van der Waals surface area contributed by atoms with Crippen molar-refractivity contribution in [3.63, 3.8) is 0 Å². The monoisotopic (exact) mass is 350 g/mol. The minimum atomic E-state index is -2.99. The molecule has 0 fully saturated rings. The number of anilines is 1. The lowest BCUT2D eigenvalue weighted by atomic mass is 10.2. The van der Waals surface area contributed by atoms with Crippen LogP contribution in [-0.2, 0) is 9.63 Å². The minimum absolute atomic E-state index is 0.116. The van der Waals surface area contributed by atoms with Crippen LogP contribution in [0, 0.1) is 0 Å². The summed E-state index contributed by atoms with van der Waals surface area (Å²) in [5.41, 5.74) is 0.797. The molecule has 25 heavy (non-hydrogen) atoms. The number of oxime groups is 1. The second kappa shape index (κ2) is 9.21. The number of halogens is 2. The van der Waals surface area contributed by atoms with Crippen LogP contribution in [0.25, 0.3) is 0 Å². The first kappa shape index (κ1) is 18.2. The lowest BCUT2D eigenvalue weighted by molar-refractivity contribution is -0.120. The minimum Gasteiger partial charge on any atom is -0.496 e. The molecule has 0 saturated carbocycles. The number of amides is 1. The van der Waals surface area contributed by atoms with Crippen LogP contribution in [0.3, 0.4) is 0 Å². The van der Waals surface area contributed by atoms with Gasteiger partial charge in [0.15, 0.2) is 6.61 Å². The molecule has 0 bridgehead atoms. The van der Waals surface area contributed by atoms with Crippen LogP contribution in [0.4, 0.5) is 14.5 Å². The molecule has 132 valence electrons. The van der Waals surface area contributed by atoms with E-state index in [0.29, 0.717) is 11.3 Å². The molecule has 0 radical (unpaired) electrons. The average Bonchev–Trinajstić information content (AvgIpc) is 2.60. The van der Waals surface area contributed by atoms with E-state index in [2.05, 4.69) is 15.2 Å². The summed E-state index contributed by atoms with van der Waals surface area (Å²) in [7, 11) is 1.53. The zero-order valence-electron chi connectivity index (χ0n) is 13.3. The predicted molar refractivity (Wildman–Crippen MR) is 88.2 cm³/mol. The summed E-state index contributed by atoms with van der Waals surface area (Å²) in [6.07, 6.45) is 1.40. The molecule has 1 amide bonds. The second-order valence-corrected chi connectivity index (χ2v) is 4.67. The third-order valence-corrected chi connectivity index (χ3v) is 2.98. The first-order valence-corrected chi connectivity index (χ1v) is 7.22. The molecule has 6 nitrogen and oxygen atoms in total. The number of nitrogens with one attached hydrogen (secondary N) is 1. The topological polar surface area (TPSA) is 69.2 Å². The van der Waals surface area contributed by atoms with Gasteiger partial charge in [0.2, 0.25) is 0 Å². The van der Waals surface area contributed by atoms with E-state index in [1.165, 1.54) is 31.5 Å². The van der Waals surface area contributed by atoms with Gasteiger partial charge in [-0.1, -0.05) is 29.4 Å². The molecule has 0 aliphatic heterocycles. The molecule has 2 aromatic carbocycles. The largest absolute Gasteiger partial charge is 0.496 e. The highest BCUT2D eigenvalue weighted by Crippen LogP contribution is 2.25. The Morgan fingerprint density at radius 1 is 1.16 bits per heavy atom. The van der Waals surface area contributed by atoms with Gasteiger partial charge in [0.05, 0.1) is 19.0 Å². The van der Waals surface area contributed by atoms with Gasteiger partial charge >= 0.3 is 6.61 Å². The maximum Gasteiger partial charge on any atom is 0.387 e. The van der Waals surface area contributed by atoms with Crippen LogP contribution >= 0.6 is 0 Å². The molecule has 0 heterocycles. The predicted octanol–water partition coefficient (Wildman–Crippen LogP) is 3.29. The number of carbonyl (C=O) groups excluding carboxylic acids is 1. The normalized spacial score (nSPS) is 10.7. The molecular formula is C17H16F2N2O4. The maximum atomic E-state index is 12.3. The summed E-state index contributed by atoms with van der Waals surface area (Å²) in [6, 6.07) is 13.0. The van der Waals surface area contributed by atoms with Gasteiger partial charge in [-0.25, -0.2) is 0 Å². The number of methoxy groups -OCH3 is 1. The highest BCUT2D eigenvalue weighted by Gasteiger charge is 2.11. The van der Waals surface area contributed by atoms with Gasteiger partial charge in [-0.05, 0) is 24.3 Å². The molecular weight excluding hydrogens is 334 g/mol. The molecule has 8 heteroatoms. The first-order chi connectivity index (χ1) is 12.1. The van der Waals surface area contributed by atoms with E-state index < -0.39 is 19.1 Å². The summed E-state index contributed by atoms with van der Waals surface area (Å²) < 4.78 is 34.1. The summed E-state index contributed by atoms with van der Waals surface area (Å²) in [5.74, 6) is -0.0942. The average molecular weight is 350 g/mol. The van der Waals surface area contributed by atoms with Crippen molar-refractivity contribution >= 4 is 17.8 Å². The van der Waals surface area contributed by atoms with Gasteiger partial charge in [0.25, 0.3) is 5.91 Å². The standard InChI is InChI=1S/C17H16F2N2O4/c1-23-14-8-4-2-6-12(14)10-20-24-11-16(22)21-13-7-3-5-9-15(13)25-17(18)19/h2-10,17H,11H2,1H3,(H,21,22)/b20-10-. The fourth-order valence-corrected chi connectivity index (χ4v) is 1.92. The molecule has 0 aromatic heterocycles. The number of benzene rings is 2. The molecule has 0 atom stereocenters. The Morgan fingerprint density at radius 3 is 2.56 bits per heavy atom. The van der Waals surface area contributed by atoms with Crippen molar-refractivity contribution in [3.8, 4) is 11.5 Å². The fourth-order valence-electron chi connectivity index (χ4n) is 1.92. The smallest absolute Gasteiger partial charge is 0.387 e. The van der Waals surface area contributed by atoms with Crippen LogP contribution in [0.2, 0.25) is 0 Å². The van der Waals surface area contributed by atoms with Gasteiger partial charge in [-0.15, -0.1) is 0 Å². The number of rotatable bonds is 8. The Hall–Kier alpha value is -3.16. The van der Waals surface area contributed by atoms with Gasteiger partial charge in [0.1, 0.15) is 11.5 Å². The van der Waals surface area contributed by atoms with Gasteiger partial charge in [0, 0.05) is 5.56 Å². The maximum absolute atomic E-state index is 12.3. The number of nitrogens with zero attached hydrogens (tertiary/aromatic N) is 1. The van der Waals surface area contributed by atoms with Crippen molar-refractivity contribution in [2.24, 2.45) is 5.16 Å². The summed E-state index contributed by atoms with van der Waals surface area (Å²) in [5, 5.41) is 6.10. The summed E-state index contributed by atoms with van der Waals surface area (Å²) in [4.78, 5) is 16.7. The molecule has 0 spiro atoms. The third kappa shape index (κ3) is 5.76. The van der Waals surface area contributed by atoms with E-state index in [1.807, 2.05) is 6.07 Å². The molecule has 1 N–H and O–H groups in total. The third-order valence-electron chi connectivity index (χ3n) is 2.98. The number of hydrogen-bond donors (Lipinski definition) is 1. The SMILES string of the molecule is COc1ccccc1/C=N\OCC(=O)Nc1ccccc1OC(F)F. The summed E-state index contributed by atoms with van der Waals surface area (Å²) in [6.45, 7) is -3.38. The van der Waals surface area contributed by atoms with Crippen molar-refractivity contribution in [2.45, 2.75) is 6.61 Å². The molecule has 0 saturated heterocycles. The number of para-hydroxylation sites is 3. The van der Waals surface area contributed by atoms with Crippen molar-refractivity contribution in [1.82, 2.24) is 0 Å². The number of ether oxygens (including phenoxy) is 2. The quantitative estimate of drug-likeness (QED) is 0.586. The lowest BCUT2D eigenvalue weighted by Crippen LogP contribution is -2.18. The van der Waals surface area contributed by atoms with Crippen molar-refractivity contribution in [2.75, 3.05) is 19.0 Å². The molecule has 0 aliphatic carbocycles. The lowest BCUT2D eigenvalue weighted by Gasteiger charge is -2.11. The zero-order valence-corrected chi connectivity index (χ0v) is 13.3. The Kier molecular flexibility index (Phi) is 6.70. The molecule has 0 aliphatic rings. The van der Waals surface area contributed by atoms with Crippen molar-refractivity contribution < 1.29 is 27.9 Å². The fraction of sp³-hybridized carbons (Fsp3) is 0.176. The van der Waals surface area contributed by atoms with Crippen LogP contribution < -0.4 is 14.8 Å². The van der Waals surface area contributed by atoms with Gasteiger partial charge < -0.3 is 19.6 Å². The molecule has 2 aromatic rings. The number of hydrogen-bond acceptors (Lipinski definition) is 5. The Labute approximate surface area is 143 Å². The highest BCUT2D eigenvalue weighted by atomic mass is 19.3. The number of alkyl halides is 2. The second-order valence-electron chi connectivity index (χ2n) is 4.67. The van der Waals surface area contributed by atoms with Gasteiger partial charge in [-0.3, -0.25) is 4.79 Å². The Bertz CT molecular complexity index is 738. The number of carbonyl (C=O) groups is 1. The summed E-state index contributed by atoms with van der Waals surface area (Å²) >= 11 is 0. The van der Waals surface area contributed by atoms with Crippen LogP contribution in [0.15, 0.2) is 53.7 Å². The molecule has 0 unspecified atom stereocenters. The van der Waals surface area contributed by atoms with Crippen molar-refractivity contribution in [3.05, 3.63) is 54.1 Å². The van der Waals surface area contributed by atoms with E-state index in [0.717, 1.165) is 0 Å². The van der Waals surface area contributed by atoms with Crippen molar-refractivity contribution in [1.29, 1.82) is 0 Å².